The minimum absolute atomic E-state index is 0.267. The molecule has 0 aromatic heterocycles. The molecule has 0 bridgehead atoms. The quantitative estimate of drug-likeness (QED) is 0.389. The van der Waals surface area contributed by atoms with Gasteiger partial charge in [-0.25, -0.2) is 4.79 Å². The molecule has 3 aromatic carbocycles. The van der Waals surface area contributed by atoms with Gasteiger partial charge in [0.1, 0.15) is 0 Å². The van der Waals surface area contributed by atoms with Crippen LogP contribution < -0.4 is 5.73 Å². The second-order valence-electron chi connectivity index (χ2n) is 7.45. The third-order valence-corrected chi connectivity index (χ3v) is 4.88. The Morgan fingerprint density at radius 3 is 1.83 bits per heavy atom. The van der Waals surface area contributed by atoms with Crippen molar-refractivity contribution in [1.29, 1.82) is 0 Å². The van der Waals surface area contributed by atoms with Crippen LogP contribution in [0.4, 0.5) is 5.69 Å². The van der Waals surface area contributed by atoms with E-state index >= 15 is 0 Å². The number of esters is 1. The average molecular weight is 406 g/mol. The number of methoxy groups -OCH3 is 1. The molecule has 3 heteroatoms. The fourth-order valence-corrected chi connectivity index (χ4v) is 2.83. The van der Waals surface area contributed by atoms with Crippen LogP contribution >= 0.6 is 0 Å². The number of hydrogen-bond donors (Lipinski definition) is 1. The van der Waals surface area contributed by atoms with Crippen molar-refractivity contribution in [3.63, 3.8) is 0 Å². The number of carbonyl (C=O) groups excluding carboxylic acids is 1. The summed E-state index contributed by atoms with van der Waals surface area (Å²) in [4.78, 5) is 11.2. The zero-order valence-corrected chi connectivity index (χ0v) is 19.4. The number of aryl methyl sites for hydroxylation is 6. The number of carbonyl (C=O) groups is 1. The van der Waals surface area contributed by atoms with Crippen molar-refractivity contribution in [3.05, 3.63) is 99.6 Å². The lowest BCUT2D eigenvalue weighted by Gasteiger charge is -2.03. The summed E-state index contributed by atoms with van der Waals surface area (Å²) in [6.45, 7) is 12.2. The SMILES string of the molecule is CCc1ccccc1C.COC(=O)c1cc(C)ccc1C.Cc1ccc(C)c(N)c1. The molecule has 30 heavy (non-hydrogen) atoms. The second kappa shape index (κ2) is 12.5. The van der Waals surface area contributed by atoms with Gasteiger partial charge in [-0.2, -0.15) is 0 Å². The normalized spacial score (nSPS) is 9.57. The van der Waals surface area contributed by atoms with E-state index in [1.54, 1.807) is 0 Å². The smallest absolute Gasteiger partial charge is 0.338 e. The molecule has 160 valence electrons. The third kappa shape index (κ3) is 8.12. The summed E-state index contributed by atoms with van der Waals surface area (Å²) in [5.74, 6) is -0.267. The van der Waals surface area contributed by atoms with Gasteiger partial charge in [-0.05, 0) is 81.0 Å². The molecule has 0 radical (unpaired) electrons. The molecule has 3 aromatic rings. The van der Waals surface area contributed by atoms with Gasteiger partial charge in [-0.1, -0.05) is 61.0 Å². The second-order valence-corrected chi connectivity index (χ2v) is 7.45. The molecule has 3 nitrogen and oxygen atoms in total. The Hall–Kier alpha value is -3.07. The lowest BCUT2D eigenvalue weighted by Crippen LogP contribution is -2.03. The van der Waals surface area contributed by atoms with Crippen LogP contribution in [-0.4, -0.2) is 13.1 Å². The predicted octanol–water partition coefficient (Wildman–Crippen LogP) is 6.53. The number of hydrogen-bond acceptors (Lipinski definition) is 3. The van der Waals surface area contributed by atoms with E-state index in [0.29, 0.717) is 5.56 Å². The van der Waals surface area contributed by atoms with Crippen molar-refractivity contribution < 1.29 is 9.53 Å². The first-order valence-corrected chi connectivity index (χ1v) is 10.2. The van der Waals surface area contributed by atoms with Crippen LogP contribution in [-0.2, 0) is 11.2 Å². The van der Waals surface area contributed by atoms with Crippen LogP contribution in [0.3, 0.4) is 0 Å². The highest BCUT2D eigenvalue weighted by Gasteiger charge is 2.07. The van der Waals surface area contributed by atoms with Crippen molar-refractivity contribution >= 4 is 11.7 Å². The molecule has 0 aliphatic carbocycles. The van der Waals surface area contributed by atoms with E-state index in [2.05, 4.69) is 48.9 Å². The predicted molar refractivity (Wildman–Crippen MR) is 128 cm³/mol. The van der Waals surface area contributed by atoms with Crippen molar-refractivity contribution in [2.75, 3.05) is 12.8 Å². The van der Waals surface area contributed by atoms with Crippen molar-refractivity contribution in [1.82, 2.24) is 0 Å². The van der Waals surface area contributed by atoms with Crippen LogP contribution in [0.1, 0.15) is 50.7 Å². The maximum absolute atomic E-state index is 11.2. The molecule has 0 aliphatic heterocycles. The molecule has 0 saturated heterocycles. The highest BCUT2D eigenvalue weighted by Crippen LogP contribution is 2.12. The van der Waals surface area contributed by atoms with Gasteiger partial charge >= 0.3 is 5.97 Å². The van der Waals surface area contributed by atoms with Gasteiger partial charge in [-0.3, -0.25) is 0 Å². The number of rotatable bonds is 2. The minimum atomic E-state index is -0.267. The van der Waals surface area contributed by atoms with Crippen LogP contribution in [0.15, 0.2) is 60.7 Å². The number of nitrogen functional groups attached to an aromatic ring is 1. The molecule has 0 heterocycles. The van der Waals surface area contributed by atoms with Crippen molar-refractivity contribution in [2.24, 2.45) is 0 Å². The maximum atomic E-state index is 11.2. The molecule has 0 amide bonds. The summed E-state index contributed by atoms with van der Waals surface area (Å²) in [7, 11) is 1.39. The zero-order chi connectivity index (χ0) is 22.7. The van der Waals surface area contributed by atoms with E-state index in [1.807, 2.05) is 58.0 Å². The minimum Gasteiger partial charge on any atom is -0.465 e. The highest BCUT2D eigenvalue weighted by molar-refractivity contribution is 5.91. The molecule has 0 unspecified atom stereocenters. The topological polar surface area (TPSA) is 52.3 Å². The number of nitrogens with two attached hydrogens (primary N) is 1. The Bertz CT molecular complexity index is 961. The van der Waals surface area contributed by atoms with Gasteiger partial charge in [0.2, 0.25) is 0 Å². The van der Waals surface area contributed by atoms with Gasteiger partial charge in [-0.15, -0.1) is 0 Å². The van der Waals surface area contributed by atoms with Crippen LogP contribution in [0.2, 0.25) is 0 Å². The molecule has 0 atom stereocenters. The zero-order valence-electron chi connectivity index (χ0n) is 19.4. The number of anilines is 1. The first-order chi connectivity index (χ1) is 14.2. The molecule has 0 saturated carbocycles. The number of benzene rings is 3. The first kappa shape index (κ1) is 25.0. The molecule has 2 N–H and O–H groups in total. The summed E-state index contributed by atoms with van der Waals surface area (Å²) in [5, 5.41) is 0. The fraction of sp³-hybridized carbons (Fsp3) is 0.296. The van der Waals surface area contributed by atoms with E-state index in [9.17, 15) is 4.79 Å². The van der Waals surface area contributed by atoms with E-state index in [-0.39, 0.29) is 5.97 Å². The maximum Gasteiger partial charge on any atom is 0.338 e. The highest BCUT2D eigenvalue weighted by atomic mass is 16.5. The Balaban J connectivity index is 0.000000229. The van der Waals surface area contributed by atoms with Crippen molar-refractivity contribution in [2.45, 2.75) is 48.0 Å². The summed E-state index contributed by atoms with van der Waals surface area (Å²) >= 11 is 0. The van der Waals surface area contributed by atoms with Crippen LogP contribution in [0, 0.1) is 34.6 Å². The Labute approximate surface area is 181 Å². The van der Waals surface area contributed by atoms with E-state index in [1.165, 1.54) is 23.8 Å². The summed E-state index contributed by atoms with van der Waals surface area (Å²) in [6, 6.07) is 20.3. The molecular formula is C27H35NO2. The molecule has 3 rings (SSSR count). The van der Waals surface area contributed by atoms with Gasteiger partial charge in [0, 0.05) is 5.69 Å². The molecule has 0 spiro atoms. The standard InChI is InChI=1S/C10H12O2.C9H12.C8H11N/c1-7-4-5-8(2)9(6-7)10(11)12-3;1-3-9-7-5-4-6-8(9)2;1-6-3-4-7(2)8(9)5-6/h4-6H,1-3H3;4-7H,3H2,1-2H3;3-5H,9H2,1-2H3. The van der Waals surface area contributed by atoms with E-state index in [0.717, 1.165) is 28.8 Å². The first-order valence-electron chi connectivity index (χ1n) is 10.2. The number of ether oxygens (including phenoxy) is 1. The monoisotopic (exact) mass is 405 g/mol. The largest absolute Gasteiger partial charge is 0.465 e. The Morgan fingerprint density at radius 2 is 1.37 bits per heavy atom. The van der Waals surface area contributed by atoms with Crippen LogP contribution in [0.5, 0.6) is 0 Å². The van der Waals surface area contributed by atoms with Gasteiger partial charge in [0.25, 0.3) is 0 Å². The lowest BCUT2D eigenvalue weighted by atomic mass is 10.1. The summed E-state index contributed by atoms with van der Waals surface area (Å²) < 4.78 is 4.63. The lowest BCUT2D eigenvalue weighted by molar-refractivity contribution is 0.0600. The Morgan fingerprint density at radius 1 is 0.800 bits per heavy atom. The Kier molecular flexibility index (Phi) is 10.4. The van der Waals surface area contributed by atoms with Gasteiger partial charge in [0.05, 0.1) is 12.7 Å². The summed E-state index contributed by atoms with van der Waals surface area (Å²) in [5.41, 5.74) is 14.4. The van der Waals surface area contributed by atoms with Crippen molar-refractivity contribution in [3.8, 4) is 0 Å². The van der Waals surface area contributed by atoms with Crippen LogP contribution in [0.25, 0.3) is 0 Å². The molecular weight excluding hydrogens is 370 g/mol. The molecule has 0 aliphatic rings. The fourth-order valence-electron chi connectivity index (χ4n) is 2.83. The van der Waals surface area contributed by atoms with E-state index in [4.69, 9.17) is 5.73 Å². The van der Waals surface area contributed by atoms with Gasteiger partial charge < -0.3 is 10.5 Å². The van der Waals surface area contributed by atoms with E-state index < -0.39 is 0 Å². The summed E-state index contributed by atoms with van der Waals surface area (Å²) in [6.07, 6.45) is 1.15. The third-order valence-electron chi connectivity index (χ3n) is 4.88. The molecule has 0 fully saturated rings. The van der Waals surface area contributed by atoms with Gasteiger partial charge in [0.15, 0.2) is 0 Å². The average Bonchev–Trinajstić information content (AvgIpc) is 2.73.